The quantitative estimate of drug-likeness (QED) is 0.429. The Morgan fingerprint density at radius 2 is 1.74 bits per heavy atom. The molecule has 0 aliphatic rings. The average Bonchev–Trinajstić information content (AvgIpc) is 2.73. The molecular formula is C28H45N3O4. The number of rotatable bonds is 10. The third-order valence-corrected chi connectivity index (χ3v) is 5.36. The van der Waals surface area contributed by atoms with Crippen LogP contribution in [0.15, 0.2) is 30.8 Å². The van der Waals surface area contributed by atoms with Crippen LogP contribution in [0.5, 0.6) is 0 Å². The van der Waals surface area contributed by atoms with Crippen LogP contribution in [-0.4, -0.2) is 46.5 Å². The molecule has 1 aromatic rings. The topological polar surface area (TPSA) is 87.7 Å². The van der Waals surface area contributed by atoms with Crippen molar-refractivity contribution in [1.29, 1.82) is 0 Å². The van der Waals surface area contributed by atoms with E-state index in [2.05, 4.69) is 24.1 Å². The highest BCUT2D eigenvalue weighted by atomic mass is 16.6. The molecule has 1 aromatic carbocycles. The number of benzene rings is 1. The minimum atomic E-state index is -0.888. The van der Waals surface area contributed by atoms with Crippen molar-refractivity contribution >= 4 is 24.0 Å². The fraction of sp³-hybridized carbons (Fsp3) is 0.607. The van der Waals surface area contributed by atoms with Gasteiger partial charge in [-0.15, -0.1) is 0 Å². The molecule has 196 valence electrons. The van der Waals surface area contributed by atoms with Crippen molar-refractivity contribution in [2.45, 2.75) is 98.4 Å². The second-order valence-electron chi connectivity index (χ2n) is 11.2. The van der Waals surface area contributed by atoms with Crippen molar-refractivity contribution in [3.63, 3.8) is 0 Å². The zero-order valence-electron chi connectivity index (χ0n) is 23.0. The highest BCUT2D eigenvalue weighted by molar-refractivity contribution is 5.92. The summed E-state index contributed by atoms with van der Waals surface area (Å²) in [7, 11) is 0. The van der Waals surface area contributed by atoms with Crippen molar-refractivity contribution in [1.82, 2.24) is 15.5 Å². The van der Waals surface area contributed by atoms with E-state index >= 15 is 0 Å². The number of ether oxygens (including phenoxy) is 1. The lowest BCUT2D eigenvalue weighted by atomic mass is 9.92. The molecule has 7 nitrogen and oxygen atoms in total. The van der Waals surface area contributed by atoms with Crippen molar-refractivity contribution < 1.29 is 19.1 Å². The zero-order valence-corrected chi connectivity index (χ0v) is 23.0. The third-order valence-electron chi connectivity index (χ3n) is 5.36. The van der Waals surface area contributed by atoms with Crippen molar-refractivity contribution in [3.8, 4) is 0 Å². The van der Waals surface area contributed by atoms with Crippen LogP contribution in [0.25, 0.3) is 6.08 Å². The molecule has 2 unspecified atom stereocenters. The van der Waals surface area contributed by atoms with Gasteiger partial charge >= 0.3 is 6.09 Å². The van der Waals surface area contributed by atoms with Gasteiger partial charge in [0.1, 0.15) is 17.7 Å². The van der Waals surface area contributed by atoms with Gasteiger partial charge in [-0.25, -0.2) is 4.79 Å². The number of amides is 3. The molecule has 0 bridgehead atoms. The van der Waals surface area contributed by atoms with E-state index in [0.29, 0.717) is 12.1 Å². The highest BCUT2D eigenvalue weighted by Gasteiger charge is 2.42. The monoisotopic (exact) mass is 487 g/mol. The first-order chi connectivity index (χ1) is 16.1. The molecule has 0 aliphatic carbocycles. The predicted molar refractivity (Wildman–Crippen MR) is 142 cm³/mol. The van der Waals surface area contributed by atoms with E-state index in [1.54, 1.807) is 31.7 Å². The summed E-state index contributed by atoms with van der Waals surface area (Å²) in [5.41, 5.74) is 0.101. The smallest absolute Gasteiger partial charge is 0.408 e. The van der Waals surface area contributed by atoms with E-state index in [-0.39, 0.29) is 17.7 Å². The van der Waals surface area contributed by atoms with Crippen LogP contribution in [0.2, 0.25) is 0 Å². The molecule has 0 aromatic heterocycles. The first-order valence-corrected chi connectivity index (χ1v) is 12.4. The maximum absolute atomic E-state index is 14.1. The van der Waals surface area contributed by atoms with Gasteiger partial charge in [0.05, 0.1) is 0 Å². The van der Waals surface area contributed by atoms with Gasteiger partial charge in [0.15, 0.2) is 0 Å². The summed E-state index contributed by atoms with van der Waals surface area (Å²) in [6, 6.07) is 5.69. The molecule has 2 N–H and O–H groups in total. The number of nitrogens with one attached hydrogen (secondary N) is 2. The fourth-order valence-corrected chi connectivity index (χ4v) is 3.70. The fourth-order valence-electron chi connectivity index (χ4n) is 3.70. The first-order valence-electron chi connectivity index (χ1n) is 12.4. The van der Waals surface area contributed by atoms with E-state index in [1.807, 2.05) is 58.9 Å². The minimum Gasteiger partial charge on any atom is -0.444 e. The molecule has 0 radical (unpaired) electrons. The van der Waals surface area contributed by atoms with Gasteiger partial charge in [0, 0.05) is 12.1 Å². The van der Waals surface area contributed by atoms with E-state index in [4.69, 9.17) is 4.74 Å². The van der Waals surface area contributed by atoms with Crippen molar-refractivity contribution in [2.75, 3.05) is 6.54 Å². The normalized spacial score (nSPS) is 13.5. The Morgan fingerprint density at radius 3 is 2.23 bits per heavy atom. The summed E-state index contributed by atoms with van der Waals surface area (Å²) in [6.07, 6.45) is 2.81. The summed E-state index contributed by atoms with van der Waals surface area (Å²) < 4.78 is 5.41. The van der Waals surface area contributed by atoms with E-state index in [1.165, 1.54) is 0 Å². The lowest BCUT2D eigenvalue weighted by molar-refractivity contribution is -0.149. The Hall–Kier alpha value is -2.83. The molecule has 2 atom stereocenters. The summed E-state index contributed by atoms with van der Waals surface area (Å²) in [4.78, 5) is 41.8. The number of alkyl carbamates (subject to hydrolysis) is 1. The largest absolute Gasteiger partial charge is 0.444 e. The van der Waals surface area contributed by atoms with E-state index in [9.17, 15) is 14.4 Å². The molecule has 0 spiro atoms. The number of unbranched alkanes of at least 4 members (excludes halogenated alkanes) is 1. The average molecular weight is 488 g/mol. The second-order valence-corrected chi connectivity index (χ2v) is 11.2. The molecule has 0 saturated carbocycles. The molecule has 0 fully saturated rings. The SMILES string of the molecule is C=Cc1cccc(C(C(=O)NCCCC)N(C(=O)C(NC(=O)OC(C)(C)C)C(C)C)C(C)(C)C)c1. The van der Waals surface area contributed by atoms with Crippen LogP contribution in [0, 0.1) is 5.92 Å². The van der Waals surface area contributed by atoms with Gasteiger partial charge in [-0.3, -0.25) is 9.59 Å². The highest BCUT2D eigenvalue weighted by Crippen LogP contribution is 2.31. The molecule has 35 heavy (non-hydrogen) atoms. The Morgan fingerprint density at radius 1 is 1.11 bits per heavy atom. The maximum Gasteiger partial charge on any atom is 0.408 e. The van der Waals surface area contributed by atoms with Crippen LogP contribution in [0.4, 0.5) is 4.79 Å². The van der Waals surface area contributed by atoms with Crippen LogP contribution < -0.4 is 10.6 Å². The number of carbonyl (C=O) groups is 3. The van der Waals surface area contributed by atoms with Crippen LogP contribution in [0.3, 0.4) is 0 Å². The Bertz CT molecular complexity index is 881. The number of carbonyl (C=O) groups excluding carboxylic acids is 3. The van der Waals surface area contributed by atoms with Gasteiger partial charge in [-0.2, -0.15) is 0 Å². The van der Waals surface area contributed by atoms with Crippen LogP contribution in [-0.2, 0) is 14.3 Å². The number of hydrogen-bond acceptors (Lipinski definition) is 4. The van der Waals surface area contributed by atoms with E-state index < -0.39 is 29.3 Å². The van der Waals surface area contributed by atoms with Crippen molar-refractivity contribution in [3.05, 3.63) is 42.0 Å². The lowest BCUT2D eigenvalue weighted by Gasteiger charge is -2.43. The van der Waals surface area contributed by atoms with Gasteiger partial charge in [-0.1, -0.05) is 58.0 Å². The van der Waals surface area contributed by atoms with Crippen LogP contribution in [0.1, 0.15) is 92.3 Å². The third kappa shape index (κ3) is 9.38. The first kappa shape index (κ1) is 30.2. The Balaban J connectivity index is 3.54. The summed E-state index contributed by atoms with van der Waals surface area (Å²) in [5, 5.41) is 5.74. The second kappa shape index (κ2) is 12.8. The summed E-state index contributed by atoms with van der Waals surface area (Å²) in [6.45, 7) is 21.1. The number of hydrogen-bond donors (Lipinski definition) is 2. The van der Waals surface area contributed by atoms with Gasteiger partial charge in [-0.05, 0) is 71.1 Å². The summed E-state index contributed by atoms with van der Waals surface area (Å²) in [5.74, 6) is -0.844. The van der Waals surface area contributed by atoms with Gasteiger partial charge < -0.3 is 20.3 Å². The Kier molecular flexibility index (Phi) is 11.0. The predicted octanol–water partition coefficient (Wildman–Crippen LogP) is 5.46. The summed E-state index contributed by atoms with van der Waals surface area (Å²) >= 11 is 0. The van der Waals surface area contributed by atoms with Crippen molar-refractivity contribution in [2.24, 2.45) is 5.92 Å². The number of nitrogens with zero attached hydrogens (tertiary/aromatic N) is 1. The maximum atomic E-state index is 14.1. The lowest BCUT2D eigenvalue weighted by Crippen LogP contribution is -2.59. The van der Waals surface area contributed by atoms with Crippen LogP contribution >= 0.6 is 0 Å². The standard InChI is InChI=1S/C28H45N3O4/c1-11-13-17-29-24(32)23(21-16-14-15-20(12-2)18-21)31(27(5,6)7)25(33)22(19(3)4)30-26(34)35-28(8,9)10/h12,14-16,18-19,22-23H,2,11,13,17H2,1,3-10H3,(H,29,32)(H,30,34). The van der Waals surface area contributed by atoms with Gasteiger partial charge in [0.25, 0.3) is 0 Å². The minimum absolute atomic E-state index is 0.233. The molecular weight excluding hydrogens is 442 g/mol. The van der Waals surface area contributed by atoms with Gasteiger partial charge in [0.2, 0.25) is 11.8 Å². The van der Waals surface area contributed by atoms with E-state index in [0.717, 1.165) is 18.4 Å². The molecule has 0 saturated heterocycles. The zero-order chi connectivity index (χ0) is 27.0. The molecule has 0 aliphatic heterocycles. The molecule has 7 heteroatoms. The Labute approximate surface area is 211 Å². The molecule has 1 rings (SSSR count). The molecule has 0 heterocycles. The molecule has 3 amide bonds.